The van der Waals surface area contributed by atoms with E-state index in [1.807, 2.05) is 48.7 Å². The van der Waals surface area contributed by atoms with Crippen LogP contribution in [0.5, 0.6) is 0 Å². The summed E-state index contributed by atoms with van der Waals surface area (Å²) in [6.07, 6.45) is 0. The van der Waals surface area contributed by atoms with Crippen molar-refractivity contribution in [2.24, 2.45) is 0 Å². The first-order valence-electron chi connectivity index (χ1n) is 9.43. The summed E-state index contributed by atoms with van der Waals surface area (Å²) in [5.41, 5.74) is 6.86. The Morgan fingerprint density at radius 1 is 1.00 bits per heavy atom. The molecule has 0 unspecified atom stereocenters. The zero-order valence-corrected chi connectivity index (χ0v) is 17.2. The zero-order valence-electron chi connectivity index (χ0n) is 16.5. The number of hydrogen-bond donors (Lipinski definition) is 1. The Morgan fingerprint density at radius 2 is 1.71 bits per heavy atom. The Balaban J connectivity index is 1.82. The highest BCUT2D eigenvalue weighted by atomic mass is 35.5. The molecule has 142 valence electrons. The predicted molar refractivity (Wildman–Crippen MR) is 117 cm³/mol. The minimum absolute atomic E-state index is 0.510. The van der Waals surface area contributed by atoms with Crippen LogP contribution in [0, 0.1) is 13.8 Å². The molecule has 2 heterocycles. The van der Waals surface area contributed by atoms with Gasteiger partial charge in [0, 0.05) is 28.0 Å². The fourth-order valence-corrected chi connectivity index (χ4v) is 3.64. The summed E-state index contributed by atoms with van der Waals surface area (Å²) in [6.45, 7) is 8.37. The molecule has 0 saturated carbocycles. The molecule has 0 aliphatic rings. The summed E-state index contributed by atoms with van der Waals surface area (Å²) >= 11 is 6.46. The van der Waals surface area contributed by atoms with Crippen molar-refractivity contribution in [1.29, 1.82) is 0 Å². The van der Waals surface area contributed by atoms with Gasteiger partial charge in [0.1, 0.15) is 5.82 Å². The highest BCUT2D eigenvalue weighted by molar-refractivity contribution is 6.33. The number of halogens is 1. The Morgan fingerprint density at radius 3 is 2.39 bits per heavy atom. The van der Waals surface area contributed by atoms with Crippen molar-refractivity contribution < 1.29 is 0 Å². The molecule has 0 aliphatic carbocycles. The van der Waals surface area contributed by atoms with Crippen LogP contribution >= 0.6 is 11.6 Å². The molecule has 0 saturated heterocycles. The Labute approximate surface area is 170 Å². The third-order valence-electron chi connectivity index (χ3n) is 4.89. The maximum absolute atomic E-state index is 6.46. The van der Waals surface area contributed by atoms with Crippen LogP contribution in [0.3, 0.4) is 0 Å². The lowest BCUT2D eigenvalue weighted by atomic mass is 10.0. The van der Waals surface area contributed by atoms with Gasteiger partial charge in [-0.15, -0.1) is 0 Å². The summed E-state index contributed by atoms with van der Waals surface area (Å²) in [4.78, 5) is 4.76. The van der Waals surface area contributed by atoms with Gasteiger partial charge < -0.3 is 5.32 Å². The summed E-state index contributed by atoms with van der Waals surface area (Å²) < 4.78 is 1.86. The second kappa shape index (κ2) is 7.28. The Kier molecular flexibility index (Phi) is 4.82. The highest BCUT2D eigenvalue weighted by Gasteiger charge is 2.18. The minimum atomic E-state index is 0.510. The largest absolute Gasteiger partial charge is 0.340 e. The molecule has 28 heavy (non-hydrogen) atoms. The number of benzene rings is 2. The fourth-order valence-electron chi connectivity index (χ4n) is 3.41. The molecule has 0 aliphatic heterocycles. The average Bonchev–Trinajstić information content (AvgIpc) is 2.98. The van der Waals surface area contributed by atoms with Crippen LogP contribution in [0.25, 0.3) is 16.8 Å². The van der Waals surface area contributed by atoms with Crippen molar-refractivity contribution in [2.45, 2.75) is 33.6 Å². The van der Waals surface area contributed by atoms with Crippen molar-refractivity contribution in [3.63, 3.8) is 0 Å². The van der Waals surface area contributed by atoms with Crippen molar-refractivity contribution in [2.75, 3.05) is 5.32 Å². The van der Waals surface area contributed by atoms with Gasteiger partial charge in [-0.05, 0) is 43.5 Å². The van der Waals surface area contributed by atoms with Crippen LogP contribution in [0.1, 0.15) is 36.7 Å². The van der Waals surface area contributed by atoms with Gasteiger partial charge in [0.05, 0.1) is 11.3 Å². The lowest BCUT2D eigenvalue weighted by Gasteiger charge is -2.11. The van der Waals surface area contributed by atoms with Crippen LogP contribution in [0.15, 0.2) is 54.6 Å². The van der Waals surface area contributed by atoms with E-state index in [9.17, 15) is 0 Å². The van der Waals surface area contributed by atoms with Crippen molar-refractivity contribution in [1.82, 2.24) is 14.6 Å². The standard InChI is InChI=1S/C23H23ClN4/c1-14(2)17-9-11-18(12-10-17)26-21-13-15(3)25-23-22(16(4)27-28(21)23)19-7-5-6-8-20(19)24/h5-14,26H,1-4H3. The third kappa shape index (κ3) is 3.36. The topological polar surface area (TPSA) is 42.2 Å². The van der Waals surface area contributed by atoms with E-state index in [1.165, 1.54) is 5.56 Å². The van der Waals surface area contributed by atoms with Gasteiger partial charge in [0.15, 0.2) is 5.65 Å². The van der Waals surface area contributed by atoms with E-state index in [0.717, 1.165) is 39.7 Å². The molecular formula is C23H23ClN4. The number of fused-ring (bicyclic) bond motifs is 1. The van der Waals surface area contributed by atoms with E-state index >= 15 is 0 Å². The highest BCUT2D eigenvalue weighted by Crippen LogP contribution is 2.34. The first kappa shape index (κ1) is 18.5. The molecule has 4 nitrogen and oxygen atoms in total. The third-order valence-corrected chi connectivity index (χ3v) is 5.21. The molecule has 0 amide bonds. The Hall–Kier alpha value is -2.85. The summed E-state index contributed by atoms with van der Waals surface area (Å²) in [5, 5.41) is 8.93. The van der Waals surface area contributed by atoms with Crippen LogP contribution in [0.4, 0.5) is 11.5 Å². The van der Waals surface area contributed by atoms with Gasteiger partial charge >= 0.3 is 0 Å². The quantitative estimate of drug-likeness (QED) is 0.430. The molecule has 0 fully saturated rings. The van der Waals surface area contributed by atoms with Gasteiger partial charge in [0.2, 0.25) is 0 Å². The molecule has 0 spiro atoms. The van der Waals surface area contributed by atoms with Crippen LogP contribution in [-0.4, -0.2) is 14.6 Å². The second-order valence-electron chi connectivity index (χ2n) is 7.36. The molecule has 0 bridgehead atoms. The van der Waals surface area contributed by atoms with Gasteiger partial charge in [-0.1, -0.05) is 55.8 Å². The van der Waals surface area contributed by atoms with E-state index in [1.54, 1.807) is 0 Å². The minimum Gasteiger partial charge on any atom is -0.340 e. The number of hydrogen-bond acceptors (Lipinski definition) is 3. The van der Waals surface area contributed by atoms with Crippen LogP contribution < -0.4 is 5.32 Å². The number of anilines is 2. The van der Waals surface area contributed by atoms with Gasteiger partial charge in [-0.3, -0.25) is 0 Å². The van der Waals surface area contributed by atoms with Crippen molar-refractivity contribution in [3.8, 4) is 11.1 Å². The number of rotatable bonds is 4. The lowest BCUT2D eigenvalue weighted by molar-refractivity contribution is 0.867. The van der Waals surface area contributed by atoms with Gasteiger partial charge in [0.25, 0.3) is 0 Å². The summed E-state index contributed by atoms with van der Waals surface area (Å²) in [7, 11) is 0. The normalized spacial score (nSPS) is 11.4. The van der Waals surface area contributed by atoms with Gasteiger partial charge in [-0.2, -0.15) is 9.61 Å². The first-order chi connectivity index (χ1) is 13.4. The maximum atomic E-state index is 6.46. The molecule has 4 aromatic rings. The molecule has 1 N–H and O–H groups in total. The predicted octanol–water partition coefficient (Wildman–Crippen LogP) is 6.53. The van der Waals surface area contributed by atoms with Crippen molar-refractivity contribution >= 4 is 28.8 Å². The summed E-state index contributed by atoms with van der Waals surface area (Å²) in [5.74, 6) is 1.39. The Bertz CT molecular complexity index is 1140. The number of aromatic nitrogens is 3. The van der Waals surface area contributed by atoms with Crippen LogP contribution in [0.2, 0.25) is 5.02 Å². The first-order valence-corrected chi connectivity index (χ1v) is 9.80. The molecular weight excluding hydrogens is 368 g/mol. The monoisotopic (exact) mass is 390 g/mol. The molecule has 4 rings (SSSR count). The number of nitrogens with zero attached hydrogens (tertiary/aromatic N) is 3. The van der Waals surface area contributed by atoms with E-state index in [0.29, 0.717) is 10.9 Å². The van der Waals surface area contributed by atoms with E-state index in [4.69, 9.17) is 21.7 Å². The van der Waals surface area contributed by atoms with Crippen LogP contribution in [-0.2, 0) is 0 Å². The molecule has 0 atom stereocenters. The zero-order chi connectivity index (χ0) is 19.8. The number of aryl methyl sites for hydroxylation is 2. The maximum Gasteiger partial charge on any atom is 0.165 e. The van der Waals surface area contributed by atoms with E-state index in [2.05, 4.69) is 43.4 Å². The van der Waals surface area contributed by atoms with E-state index < -0.39 is 0 Å². The average molecular weight is 391 g/mol. The summed E-state index contributed by atoms with van der Waals surface area (Å²) in [6, 6.07) is 18.3. The molecule has 2 aromatic heterocycles. The lowest BCUT2D eigenvalue weighted by Crippen LogP contribution is -2.03. The van der Waals surface area contributed by atoms with Crippen molar-refractivity contribution in [3.05, 3.63) is 76.6 Å². The molecule has 2 aromatic carbocycles. The number of nitrogens with one attached hydrogen (secondary N) is 1. The second-order valence-corrected chi connectivity index (χ2v) is 7.77. The van der Waals surface area contributed by atoms with E-state index in [-0.39, 0.29) is 0 Å². The molecule has 5 heteroatoms. The smallest absolute Gasteiger partial charge is 0.165 e. The fraction of sp³-hybridized carbons (Fsp3) is 0.217. The van der Waals surface area contributed by atoms with Gasteiger partial charge in [-0.25, -0.2) is 4.98 Å². The SMILES string of the molecule is Cc1cc(Nc2ccc(C(C)C)cc2)n2nc(C)c(-c3ccccc3Cl)c2n1. The molecule has 0 radical (unpaired) electrons.